The number of aliphatic imine (C=N–C) groups is 1. The van der Waals surface area contributed by atoms with Gasteiger partial charge < -0.3 is 10.6 Å². The van der Waals surface area contributed by atoms with E-state index >= 15 is 0 Å². The molecule has 3 aliphatic rings. The van der Waals surface area contributed by atoms with Crippen molar-refractivity contribution in [3.05, 3.63) is 28.2 Å². The van der Waals surface area contributed by atoms with Crippen LogP contribution < -0.4 is 10.6 Å². The second kappa shape index (κ2) is 8.03. The van der Waals surface area contributed by atoms with Gasteiger partial charge in [0.15, 0.2) is 5.96 Å². The van der Waals surface area contributed by atoms with Crippen molar-refractivity contribution in [2.75, 3.05) is 20.1 Å². The Bertz CT molecular complexity index is 787. The summed E-state index contributed by atoms with van der Waals surface area (Å²) in [6.45, 7) is 3.84. The van der Waals surface area contributed by atoms with Crippen molar-refractivity contribution in [3.8, 4) is 0 Å². The van der Waals surface area contributed by atoms with Gasteiger partial charge in [0.05, 0.1) is 29.1 Å². The van der Waals surface area contributed by atoms with E-state index in [1.807, 2.05) is 0 Å². The molecule has 4 atom stereocenters. The van der Waals surface area contributed by atoms with Crippen molar-refractivity contribution in [1.29, 1.82) is 0 Å². The van der Waals surface area contributed by atoms with Gasteiger partial charge in [-0.15, -0.1) is 11.3 Å². The predicted octanol–water partition coefficient (Wildman–Crippen LogP) is 1.57. The molecule has 2 heterocycles. The molecule has 2 fully saturated rings. The van der Waals surface area contributed by atoms with E-state index in [1.165, 1.54) is 4.90 Å². The van der Waals surface area contributed by atoms with Gasteiger partial charge in [0.1, 0.15) is 0 Å². The van der Waals surface area contributed by atoms with Crippen molar-refractivity contribution in [2.45, 2.75) is 32.7 Å². The van der Waals surface area contributed by atoms with Crippen LogP contribution in [0.25, 0.3) is 0 Å². The van der Waals surface area contributed by atoms with Crippen molar-refractivity contribution < 1.29 is 9.59 Å². The number of carbonyl (C=O) groups excluding carboxylic acids is 2. The molecule has 2 bridgehead atoms. The summed E-state index contributed by atoms with van der Waals surface area (Å²) in [4.78, 5) is 35.6. The van der Waals surface area contributed by atoms with Crippen LogP contribution in [0.15, 0.2) is 22.5 Å². The van der Waals surface area contributed by atoms with Gasteiger partial charge in [0.25, 0.3) is 0 Å². The fraction of sp³-hybridized carbons (Fsp3) is 0.600. The molecule has 2 N–H and O–H groups in total. The van der Waals surface area contributed by atoms with E-state index in [0.29, 0.717) is 32.0 Å². The van der Waals surface area contributed by atoms with Crippen LogP contribution >= 0.6 is 11.3 Å². The topological polar surface area (TPSA) is 86.7 Å². The summed E-state index contributed by atoms with van der Waals surface area (Å²) in [5, 5.41) is 9.69. The molecule has 1 saturated carbocycles. The lowest BCUT2D eigenvalue weighted by Gasteiger charge is -2.17. The number of likely N-dealkylation sites (tertiary alicyclic amines) is 1. The van der Waals surface area contributed by atoms with E-state index < -0.39 is 0 Å². The normalized spacial score (nSPS) is 28.4. The minimum absolute atomic E-state index is 0.0321. The summed E-state index contributed by atoms with van der Waals surface area (Å²) in [7, 11) is 1.73. The van der Waals surface area contributed by atoms with Gasteiger partial charge in [-0.25, -0.2) is 4.98 Å². The summed E-state index contributed by atoms with van der Waals surface area (Å²) >= 11 is 1.67. The molecule has 2 aliphatic carbocycles. The summed E-state index contributed by atoms with van der Waals surface area (Å²) in [6.07, 6.45) is 6.89. The molecule has 1 aromatic heterocycles. The number of thiazole rings is 1. The third-order valence-corrected chi connectivity index (χ3v) is 7.02. The Hall–Kier alpha value is -2.22. The first-order valence-corrected chi connectivity index (χ1v) is 10.9. The minimum Gasteiger partial charge on any atom is -0.356 e. The Balaban J connectivity index is 1.21. The fourth-order valence-corrected chi connectivity index (χ4v) is 5.36. The van der Waals surface area contributed by atoms with Gasteiger partial charge in [0.2, 0.25) is 11.8 Å². The van der Waals surface area contributed by atoms with Gasteiger partial charge in [-0.1, -0.05) is 19.1 Å². The first kappa shape index (κ1) is 19.1. The first-order chi connectivity index (χ1) is 13.6. The largest absolute Gasteiger partial charge is 0.356 e. The number of amides is 2. The van der Waals surface area contributed by atoms with E-state index in [-0.39, 0.29) is 35.5 Å². The van der Waals surface area contributed by atoms with E-state index in [9.17, 15) is 9.59 Å². The van der Waals surface area contributed by atoms with Crippen LogP contribution in [0.3, 0.4) is 0 Å². The molecule has 0 aromatic carbocycles. The van der Waals surface area contributed by atoms with E-state index in [2.05, 4.69) is 45.1 Å². The van der Waals surface area contributed by atoms with E-state index in [1.54, 1.807) is 18.4 Å². The number of hydrogen-bond acceptors (Lipinski definition) is 5. The Morgan fingerprint density at radius 3 is 2.57 bits per heavy atom. The molecule has 0 spiro atoms. The second-order valence-electron chi connectivity index (χ2n) is 7.62. The van der Waals surface area contributed by atoms with E-state index in [0.717, 1.165) is 23.5 Å². The summed E-state index contributed by atoms with van der Waals surface area (Å²) in [5.74, 6) is 1.11. The van der Waals surface area contributed by atoms with Crippen LogP contribution in [-0.2, 0) is 22.6 Å². The lowest BCUT2D eigenvalue weighted by atomic mass is 9.85. The monoisotopic (exact) mass is 401 g/mol. The third kappa shape index (κ3) is 3.45. The molecule has 1 aromatic rings. The molecule has 4 rings (SSSR count). The van der Waals surface area contributed by atoms with Gasteiger partial charge in [-0.3, -0.25) is 19.5 Å². The number of imide groups is 1. The minimum atomic E-state index is -0.101. The number of hydrogen-bond donors (Lipinski definition) is 2. The number of aryl methyl sites for hydroxylation is 1. The molecular weight excluding hydrogens is 374 g/mol. The number of nitrogens with zero attached hydrogens (tertiary/aromatic N) is 3. The number of aromatic nitrogens is 1. The number of guanidine groups is 1. The highest BCUT2D eigenvalue weighted by molar-refractivity contribution is 7.09. The lowest BCUT2D eigenvalue weighted by Crippen LogP contribution is -2.39. The summed E-state index contributed by atoms with van der Waals surface area (Å²) in [6, 6.07) is 0. The standard InChI is InChI=1S/C20H27N5O2S/c1-3-15-24-14(11-28-15)10-23-20(21-2)22-7-4-8-25-18(26)16-12-5-6-13(9-12)17(16)19(25)27/h5-6,11-13,16-17H,3-4,7-10H2,1-2H3,(H2,21,22,23). The first-order valence-electron chi connectivity index (χ1n) is 10.0. The zero-order valence-electron chi connectivity index (χ0n) is 16.4. The zero-order chi connectivity index (χ0) is 19.7. The van der Waals surface area contributed by atoms with Gasteiger partial charge in [0, 0.05) is 25.5 Å². The Morgan fingerprint density at radius 1 is 1.25 bits per heavy atom. The molecule has 1 aliphatic heterocycles. The molecule has 8 heteroatoms. The number of allylic oxidation sites excluding steroid dienone is 2. The summed E-state index contributed by atoms with van der Waals surface area (Å²) in [5.41, 5.74) is 1.01. The predicted molar refractivity (Wildman–Crippen MR) is 109 cm³/mol. The summed E-state index contributed by atoms with van der Waals surface area (Å²) < 4.78 is 0. The van der Waals surface area contributed by atoms with E-state index in [4.69, 9.17) is 0 Å². The van der Waals surface area contributed by atoms with Crippen LogP contribution in [0.4, 0.5) is 0 Å². The maximum Gasteiger partial charge on any atom is 0.233 e. The highest BCUT2D eigenvalue weighted by Crippen LogP contribution is 2.52. The van der Waals surface area contributed by atoms with Crippen molar-refractivity contribution in [2.24, 2.45) is 28.7 Å². The lowest BCUT2D eigenvalue weighted by molar-refractivity contribution is -0.140. The molecule has 7 nitrogen and oxygen atoms in total. The highest BCUT2D eigenvalue weighted by Gasteiger charge is 2.58. The van der Waals surface area contributed by atoms with Gasteiger partial charge in [-0.05, 0) is 31.1 Å². The SMILES string of the molecule is CCc1nc(CNC(=NC)NCCCN2C(=O)C3C4C=CC(C4)C3C2=O)cs1. The molecule has 4 unspecified atom stereocenters. The number of nitrogens with one attached hydrogen (secondary N) is 2. The van der Waals surface area contributed by atoms with Crippen LogP contribution in [0, 0.1) is 23.7 Å². The zero-order valence-corrected chi connectivity index (χ0v) is 17.2. The molecule has 1 saturated heterocycles. The average molecular weight is 402 g/mol. The average Bonchev–Trinajstić information content (AvgIpc) is 3.47. The Morgan fingerprint density at radius 2 is 1.96 bits per heavy atom. The Kier molecular flexibility index (Phi) is 5.48. The number of carbonyl (C=O) groups is 2. The maximum atomic E-state index is 12.7. The van der Waals surface area contributed by atoms with Crippen LogP contribution in [0.2, 0.25) is 0 Å². The van der Waals surface area contributed by atoms with Crippen LogP contribution in [0.1, 0.15) is 30.5 Å². The number of fused-ring (bicyclic) bond motifs is 5. The molecule has 0 radical (unpaired) electrons. The fourth-order valence-electron chi connectivity index (χ4n) is 4.62. The van der Waals surface area contributed by atoms with Gasteiger partial charge >= 0.3 is 0 Å². The van der Waals surface area contributed by atoms with Crippen LogP contribution in [0.5, 0.6) is 0 Å². The quantitative estimate of drug-likeness (QED) is 0.238. The van der Waals surface area contributed by atoms with Gasteiger partial charge in [-0.2, -0.15) is 0 Å². The van der Waals surface area contributed by atoms with Crippen molar-refractivity contribution in [1.82, 2.24) is 20.5 Å². The smallest absolute Gasteiger partial charge is 0.233 e. The molecule has 28 heavy (non-hydrogen) atoms. The Labute approximate surface area is 169 Å². The highest BCUT2D eigenvalue weighted by atomic mass is 32.1. The maximum absolute atomic E-state index is 12.7. The second-order valence-corrected chi connectivity index (χ2v) is 8.56. The third-order valence-electron chi connectivity index (χ3n) is 5.97. The molecule has 150 valence electrons. The molecule has 2 amide bonds. The van der Waals surface area contributed by atoms with Crippen molar-refractivity contribution in [3.63, 3.8) is 0 Å². The van der Waals surface area contributed by atoms with Crippen molar-refractivity contribution >= 4 is 29.1 Å². The number of rotatable bonds is 7. The van der Waals surface area contributed by atoms with Crippen LogP contribution in [-0.4, -0.2) is 47.8 Å². The molecular formula is C20H27N5O2S.